The highest BCUT2D eigenvalue weighted by Gasteiger charge is 2.30. The number of carbonyl (C=O) groups is 1. The smallest absolute Gasteiger partial charge is 0.416 e. The van der Waals surface area contributed by atoms with Crippen molar-refractivity contribution in [2.24, 2.45) is 16.1 Å². The number of nitrogens with zero attached hydrogens (tertiary/aromatic N) is 2. The summed E-state index contributed by atoms with van der Waals surface area (Å²) in [6.07, 6.45) is -2.58. The van der Waals surface area contributed by atoms with Crippen LogP contribution in [-0.4, -0.2) is 34.7 Å². The number of halogens is 3. The highest BCUT2D eigenvalue weighted by Crippen LogP contribution is 2.31. The van der Waals surface area contributed by atoms with E-state index in [9.17, 15) is 23.1 Å². The summed E-state index contributed by atoms with van der Waals surface area (Å²) in [4.78, 5) is 16.5. The first-order valence-corrected chi connectivity index (χ1v) is 9.12. The summed E-state index contributed by atoms with van der Waals surface area (Å²) in [5.41, 5.74) is 4.92. The van der Waals surface area contributed by atoms with Gasteiger partial charge >= 0.3 is 6.18 Å². The zero-order chi connectivity index (χ0) is 22.4. The van der Waals surface area contributed by atoms with Crippen LogP contribution in [0.3, 0.4) is 0 Å². The van der Waals surface area contributed by atoms with Gasteiger partial charge in [-0.15, -0.1) is 0 Å². The van der Waals surface area contributed by atoms with Crippen LogP contribution in [0.1, 0.15) is 47.5 Å². The number of hydrogen-bond acceptors (Lipinski definition) is 4. The second kappa shape index (κ2) is 9.78. The van der Waals surface area contributed by atoms with Gasteiger partial charge in [-0.2, -0.15) is 13.2 Å². The lowest BCUT2D eigenvalue weighted by molar-refractivity contribution is -0.137. The van der Waals surface area contributed by atoms with E-state index in [4.69, 9.17) is 10.8 Å². The van der Waals surface area contributed by atoms with Gasteiger partial charge in [0, 0.05) is 31.6 Å². The highest BCUT2D eigenvalue weighted by atomic mass is 19.4. The van der Waals surface area contributed by atoms with E-state index in [1.54, 1.807) is 0 Å². The number of aliphatic imine (C=N–C) groups is 1. The van der Waals surface area contributed by atoms with E-state index in [1.165, 1.54) is 30.0 Å². The lowest BCUT2D eigenvalue weighted by atomic mass is 9.93. The number of aliphatic hydroxyl groups is 2. The van der Waals surface area contributed by atoms with Crippen LogP contribution in [-0.2, 0) is 11.0 Å². The first kappa shape index (κ1) is 24.5. The molecule has 1 aromatic rings. The van der Waals surface area contributed by atoms with Crippen LogP contribution in [0, 0.1) is 5.41 Å². The molecule has 1 saturated heterocycles. The molecule has 1 heterocycles. The van der Waals surface area contributed by atoms with Gasteiger partial charge in [-0.25, -0.2) is 4.99 Å². The van der Waals surface area contributed by atoms with Gasteiger partial charge in [0.25, 0.3) is 0 Å². The minimum Gasteiger partial charge on any atom is -0.512 e. The topological polar surface area (TPSA) is 99.1 Å². The molecule has 2 rings (SSSR count). The molecule has 29 heavy (non-hydrogen) atoms. The van der Waals surface area contributed by atoms with Gasteiger partial charge in [-0.1, -0.05) is 20.8 Å². The van der Waals surface area contributed by atoms with Gasteiger partial charge in [0.05, 0.1) is 5.56 Å². The molecule has 0 saturated carbocycles. The summed E-state index contributed by atoms with van der Waals surface area (Å²) in [5.74, 6) is 0.247. The number of aliphatic hydroxyl groups excluding tert-OH is 2. The number of amides is 1. The van der Waals surface area contributed by atoms with Crippen molar-refractivity contribution in [1.29, 1.82) is 0 Å². The average Bonchev–Trinajstić information content (AvgIpc) is 2.99. The molecule has 1 aliphatic rings. The van der Waals surface area contributed by atoms with E-state index < -0.39 is 18.0 Å². The van der Waals surface area contributed by atoms with Crippen LogP contribution in [0.4, 0.5) is 18.9 Å². The predicted octanol–water partition coefficient (Wildman–Crippen LogP) is 4.25. The van der Waals surface area contributed by atoms with Crippen LogP contribution < -0.4 is 10.6 Å². The van der Waals surface area contributed by atoms with Crippen molar-refractivity contribution in [2.45, 2.75) is 52.9 Å². The fourth-order valence-electron chi connectivity index (χ4n) is 2.36. The van der Waals surface area contributed by atoms with E-state index in [1.807, 2.05) is 20.8 Å². The van der Waals surface area contributed by atoms with Gasteiger partial charge in [0.2, 0.25) is 5.91 Å². The van der Waals surface area contributed by atoms with Crippen molar-refractivity contribution in [2.75, 3.05) is 11.4 Å². The molecule has 1 amide bonds. The van der Waals surface area contributed by atoms with Crippen LogP contribution in [0.15, 0.2) is 41.1 Å². The van der Waals surface area contributed by atoms with Crippen molar-refractivity contribution in [1.82, 2.24) is 0 Å². The molecule has 0 radical (unpaired) electrons. The Kier molecular flexibility index (Phi) is 8.25. The summed E-state index contributed by atoms with van der Waals surface area (Å²) < 4.78 is 36.9. The highest BCUT2D eigenvalue weighted by molar-refractivity contribution is 5.95. The Morgan fingerprint density at radius 2 is 1.83 bits per heavy atom. The Morgan fingerprint density at radius 3 is 2.21 bits per heavy atom. The maximum atomic E-state index is 12.3. The second-order valence-electron chi connectivity index (χ2n) is 7.66. The van der Waals surface area contributed by atoms with E-state index in [0.717, 1.165) is 18.6 Å². The summed E-state index contributed by atoms with van der Waals surface area (Å²) in [7, 11) is 0. The van der Waals surface area contributed by atoms with Crippen molar-refractivity contribution >= 4 is 17.4 Å². The number of alkyl halides is 3. The molecule has 0 aliphatic carbocycles. The number of rotatable bonds is 3. The number of carbonyl (C=O) groups excluding carboxylic acids is 1. The number of benzene rings is 1. The number of nitrogens with two attached hydrogens (primary N) is 1. The van der Waals surface area contributed by atoms with Crippen LogP contribution in [0.5, 0.6) is 0 Å². The Morgan fingerprint density at radius 1 is 1.28 bits per heavy atom. The number of allylic oxidation sites excluding steroid dienone is 1. The average molecular weight is 417 g/mol. The predicted molar refractivity (Wildman–Crippen MR) is 109 cm³/mol. The molecule has 6 nitrogen and oxygen atoms in total. The zero-order valence-corrected chi connectivity index (χ0v) is 17.0. The van der Waals surface area contributed by atoms with Crippen molar-refractivity contribution in [3.05, 3.63) is 41.7 Å². The maximum absolute atomic E-state index is 12.3. The van der Waals surface area contributed by atoms with E-state index in [-0.39, 0.29) is 24.3 Å². The maximum Gasteiger partial charge on any atom is 0.416 e. The third kappa shape index (κ3) is 8.15. The van der Waals surface area contributed by atoms with E-state index in [0.29, 0.717) is 18.7 Å². The molecule has 1 aromatic carbocycles. The lowest BCUT2D eigenvalue weighted by Crippen LogP contribution is -2.23. The first-order chi connectivity index (χ1) is 13.2. The lowest BCUT2D eigenvalue weighted by Gasteiger charge is -2.16. The fourth-order valence-corrected chi connectivity index (χ4v) is 2.36. The molecular formula is C20H30F3N3O3. The Hall–Kier alpha value is -2.55. The molecule has 1 unspecified atom stereocenters. The molecule has 1 atom stereocenters. The van der Waals surface area contributed by atoms with Gasteiger partial charge in [-0.05, 0) is 37.6 Å². The SMILES string of the molecule is CC(O)/N=C(N)\C=C(/O)C(C)(C)C.O=C1CCCN1c1ccc(C(F)(F)F)cc1.[HH]. The quantitative estimate of drug-likeness (QED) is 0.389. The first-order valence-electron chi connectivity index (χ1n) is 9.12. The van der Waals surface area contributed by atoms with Crippen LogP contribution >= 0.6 is 0 Å². The zero-order valence-electron chi connectivity index (χ0n) is 17.0. The molecule has 4 N–H and O–H groups in total. The molecule has 0 aromatic heterocycles. The fraction of sp³-hybridized carbons (Fsp3) is 0.500. The molecule has 0 bridgehead atoms. The molecule has 1 fully saturated rings. The summed E-state index contributed by atoms with van der Waals surface area (Å²) in [6.45, 7) is 7.65. The molecule has 9 heteroatoms. The summed E-state index contributed by atoms with van der Waals surface area (Å²) in [6, 6.07) is 4.68. The normalized spacial score (nSPS) is 17.1. The van der Waals surface area contributed by atoms with Crippen molar-refractivity contribution in [3.8, 4) is 0 Å². The Bertz CT molecular complexity index is 755. The minimum atomic E-state index is -4.33. The largest absolute Gasteiger partial charge is 0.512 e. The summed E-state index contributed by atoms with van der Waals surface area (Å²) >= 11 is 0. The monoisotopic (exact) mass is 417 g/mol. The number of anilines is 1. The Labute approximate surface area is 170 Å². The van der Waals surface area contributed by atoms with Gasteiger partial charge in [0.15, 0.2) is 0 Å². The van der Waals surface area contributed by atoms with Crippen molar-refractivity contribution < 1.29 is 29.6 Å². The summed E-state index contributed by atoms with van der Waals surface area (Å²) in [5, 5.41) is 18.3. The van der Waals surface area contributed by atoms with E-state index >= 15 is 0 Å². The molecule has 1 aliphatic heterocycles. The van der Waals surface area contributed by atoms with Crippen molar-refractivity contribution in [3.63, 3.8) is 0 Å². The standard InChI is InChI=1S/C11H10F3NO.C9H18N2O2.H2/c12-11(13,14)8-3-5-9(6-4-8)15-7-1-2-10(15)16;1-6(12)11-8(10)5-7(13)9(2,3)4;/h3-6H,1-2,7H2;5-6,12-13H,1-4H3,(H2,10,11);1H/b;7-5-;. The molecule has 0 spiro atoms. The van der Waals surface area contributed by atoms with Gasteiger partial charge in [-0.3, -0.25) is 4.79 Å². The van der Waals surface area contributed by atoms with Crippen LogP contribution in [0.2, 0.25) is 0 Å². The van der Waals surface area contributed by atoms with E-state index in [2.05, 4.69) is 4.99 Å². The van der Waals surface area contributed by atoms with Crippen LogP contribution in [0.25, 0.3) is 0 Å². The number of hydrogen-bond donors (Lipinski definition) is 3. The number of amidine groups is 1. The third-order valence-corrected chi connectivity index (χ3v) is 3.97. The molecule has 164 valence electrons. The molecular weight excluding hydrogens is 387 g/mol. The third-order valence-electron chi connectivity index (χ3n) is 3.97. The second-order valence-corrected chi connectivity index (χ2v) is 7.66. The Balaban J connectivity index is 0.000000557. The van der Waals surface area contributed by atoms with Gasteiger partial charge in [0.1, 0.15) is 17.8 Å². The van der Waals surface area contributed by atoms with Gasteiger partial charge < -0.3 is 20.8 Å². The minimum absolute atomic E-state index is 0.